The van der Waals surface area contributed by atoms with Gasteiger partial charge < -0.3 is 15.0 Å². The Balaban J connectivity index is 1.58. The van der Waals surface area contributed by atoms with E-state index in [-0.39, 0.29) is 10.7 Å². The molecule has 1 aliphatic heterocycles. The molecule has 1 aromatic heterocycles. The van der Waals surface area contributed by atoms with E-state index in [9.17, 15) is 4.79 Å². The van der Waals surface area contributed by atoms with E-state index in [1.807, 2.05) is 23.1 Å². The van der Waals surface area contributed by atoms with Gasteiger partial charge in [0, 0.05) is 13.1 Å². The fraction of sp³-hybridized carbons (Fsp3) is 0.190. The molecule has 1 aliphatic rings. The van der Waals surface area contributed by atoms with Gasteiger partial charge in [-0.2, -0.15) is 0 Å². The molecule has 6 nitrogen and oxygen atoms in total. The van der Waals surface area contributed by atoms with E-state index in [1.54, 1.807) is 30.3 Å². The first kappa shape index (κ1) is 19.5. The number of nitrogens with one attached hydrogen (secondary N) is 1. The zero-order valence-corrected chi connectivity index (χ0v) is 17.0. The molecular formula is C21H18Cl2N4O2. The van der Waals surface area contributed by atoms with Crippen molar-refractivity contribution in [3.05, 3.63) is 70.5 Å². The zero-order chi connectivity index (χ0) is 20.2. The Morgan fingerprint density at radius 3 is 2.41 bits per heavy atom. The molecule has 3 aromatic rings. The van der Waals surface area contributed by atoms with Crippen molar-refractivity contribution in [1.29, 1.82) is 0 Å². The second-order valence-electron chi connectivity index (χ2n) is 6.54. The maximum atomic E-state index is 12.9. The molecule has 1 saturated heterocycles. The van der Waals surface area contributed by atoms with Crippen LogP contribution in [0.25, 0.3) is 0 Å². The summed E-state index contributed by atoms with van der Waals surface area (Å²) in [5.41, 5.74) is 0.603. The predicted octanol–water partition coefficient (Wildman–Crippen LogP) is 5.43. The summed E-state index contributed by atoms with van der Waals surface area (Å²) in [5.74, 6) is 1.02. The van der Waals surface area contributed by atoms with Gasteiger partial charge in [-0.25, -0.2) is 9.97 Å². The number of carbonyl (C=O) groups is 1. The number of amides is 1. The van der Waals surface area contributed by atoms with Crippen LogP contribution in [0.15, 0.2) is 54.7 Å². The van der Waals surface area contributed by atoms with Crippen molar-refractivity contribution < 1.29 is 9.53 Å². The van der Waals surface area contributed by atoms with Gasteiger partial charge in [-0.15, -0.1) is 0 Å². The van der Waals surface area contributed by atoms with Crippen LogP contribution in [0.2, 0.25) is 10.0 Å². The average molecular weight is 429 g/mol. The van der Waals surface area contributed by atoms with Gasteiger partial charge in [0.1, 0.15) is 5.75 Å². The van der Waals surface area contributed by atoms with Gasteiger partial charge in [0.05, 0.1) is 21.9 Å². The number of carbonyl (C=O) groups excluding carboxylic acids is 1. The van der Waals surface area contributed by atoms with Crippen molar-refractivity contribution in [3.8, 4) is 11.5 Å². The van der Waals surface area contributed by atoms with E-state index in [0.29, 0.717) is 28.2 Å². The molecule has 0 unspecified atom stereocenters. The summed E-state index contributed by atoms with van der Waals surface area (Å²) in [6, 6.07) is 14.2. The minimum Gasteiger partial charge on any atom is -0.454 e. The molecule has 0 bridgehead atoms. The molecule has 148 valence electrons. The van der Waals surface area contributed by atoms with E-state index in [2.05, 4.69) is 15.3 Å². The number of hydrogen-bond acceptors (Lipinski definition) is 5. The number of aromatic nitrogens is 2. The minimum atomic E-state index is -0.437. The van der Waals surface area contributed by atoms with Crippen LogP contribution < -0.4 is 15.0 Å². The molecule has 0 atom stereocenters. The molecule has 2 heterocycles. The third-order valence-electron chi connectivity index (χ3n) is 4.53. The van der Waals surface area contributed by atoms with Crippen molar-refractivity contribution in [2.24, 2.45) is 0 Å². The Morgan fingerprint density at radius 2 is 1.66 bits per heavy atom. The fourth-order valence-electron chi connectivity index (χ4n) is 3.07. The number of rotatable bonds is 5. The number of benzene rings is 2. The number of para-hydroxylation sites is 3. The van der Waals surface area contributed by atoms with Crippen LogP contribution in [0.5, 0.6) is 11.5 Å². The molecule has 8 heteroatoms. The Kier molecular flexibility index (Phi) is 5.83. The molecule has 0 spiro atoms. The molecule has 4 rings (SSSR count). The van der Waals surface area contributed by atoms with E-state index in [4.69, 9.17) is 27.9 Å². The number of anilines is 2. The summed E-state index contributed by atoms with van der Waals surface area (Å²) in [7, 11) is 0. The lowest BCUT2D eigenvalue weighted by atomic mass is 10.2. The first-order valence-electron chi connectivity index (χ1n) is 9.22. The molecule has 1 N–H and O–H groups in total. The minimum absolute atomic E-state index is 0.121. The Labute approximate surface area is 178 Å². The normalized spacial score (nSPS) is 13.4. The van der Waals surface area contributed by atoms with Gasteiger partial charge in [-0.3, -0.25) is 4.79 Å². The molecule has 2 aromatic carbocycles. The number of ether oxygens (including phenoxy) is 1. The summed E-state index contributed by atoms with van der Waals surface area (Å²) in [4.78, 5) is 23.6. The summed E-state index contributed by atoms with van der Waals surface area (Å²) >= 11 is 12.4. The summed E-state index contributed by atoms with van der Waals surface area (Å²) < 4.78 is 5.89. The Morgan fingerprint density at radius 1 is 0.966 bits per heavy atom. The largest absolute Gasteiger partial charge is 0.454 e. The second kappa shape index (κ2) is 8.68. The fourth-order valence-corrected chi connectivity index (χ4v) is 3.42. The van der Waals surface area contributed by atoms with Crippen molar-refractivity contribution in [3.63, 3.8) is 0 Å². The van der Waals surface area contributed by atoms with Gasteiger partial charge in [-0.1, -0.05) is 47.5 Å². The first-order chi connectivity index (χ1) is 14.1. The Hall–Kier alpha value is -2.83. The van der Waals surface area contributed by atoms with Crippen LogP contribution in [0, 0.1) is 0 Å². The van der Waals surface area contributed by atoms with E-state index in [1.165, 1.54) is 6.20 Å². The van der Waals surface area contributed by atoms with Crippen molar-refractivity contribution in [2.75, 3.05) is 23.3 Å². The number of halogens is 2. The Bertz CT molecular complexity index is 1040. The smallest absolute Gasteiger partial charge is 0.276 e. The van der Waals surface area contributed by atoms with E-state index < -0.39 is 5.91 Å². The molecule has 0 aliphatic carbocycles. The van der Waals surface area contributed by atoms with Crippen molar-refractivity contribution in [2.45, 2.75) is 12.8 Å². The van der Waals surface area contributed by atoms with Gasteiger partial charge in [0.15, 0.2) is 11.4 Å². The van der Waals surface area contributed by atoms with Gasteiger partial charge in [0.25, 0.3) is 5.91 Å². The lowest BCUT2D eigenvalue weighted by molar-refractivity contribution is 0.102. The summed E-state index contributed by atoms with van der Waals surface area (Å²) in [5, 5.41) is 3.49. The molecule has 1 fully saturated rings. The third kappa shape index (κ3) is 4.44. The lowest BCUT2D eigenvalue weighted by Gasteiger charge is -2.16. The SMILES string of the molecule is O=C(Nc1ccccc1Oc1ccccc1Cl)c1nc(N2CCCC2)ncc1Cl. The third-order valence-corrected chi connectivity index (χ3v) is 5.12. The topological polar surface area (TPSA) is 67.3 Å². The van der Waals surface area contributed by atoms with Crippen molar-refractivity contribution in [1.82, 2.24) is 9.97 Å². The number of hydrogen-bond donors (Lipinski definition) is 1. The molecular weight excluding hydrogens is 411 g/mol. The van der Waals surface area contributed by atoms with Gasteiger partial charge >= 0.3 is 0 Å². The highest BCUT2D eigenvalue weighted by molar-refractivity contribution is 6.34. The standard InChI is InChI=1S/C21H18Cl2N4O2/c22-14-7-1-3-9-17(14)29-18-10-4-2-8-16(18)25-20(28)19-15(23)13-24-21(26-19)27-11-5-6-12-27/h1-4,7-10,13H,5-6,11-12H2,(H,25,28). The molecule has 0 radical (unpaired) electrons. The quantitative estimate of drug-likeness (QED) is 0.586. The second-order valence-corrected chi connectivity index (χ2v) is 7.36. The van der Waals surface area contributed by atoms with Crippen LogP contribution in [-0.2, 0) is 0 Å². The summed E-state index contributed by atoms with van der Waals surface area (Å²) in [6.45, 7) is 1.74. The first-order valence-corrected chi connectivity index (χ1v) is 9.97. The van der Waals surface area contributed by atoms with E-state index >= 15 is 0 Å². The van der Waals surface area contributed by atoms with Crippen LogP contribution in [-0.4, -0.2) is 29.0 Å². The van der Waals surface area contributed by atoms with Crippen LogP contribution >= 0.6 is 23.2 Å². The van der Waals surface area contributed by atoms with Crippen LogP contribution in [0.4, 0.5) is 11.6 Å². The molecule has 29 heavy (non-hydrogen) atoms. The molecule has 1 amide bonds. The predicted molar refractivity (Wildman–Crippen MR) is 114 cm³/mol. The van der Waals surface area contributed by atoms with Crippen LogP contribution in [0.1, 0.15) is 23.3 Å². The lowest BCUT2D eigenvalue weighted by Crippen LogP contribution is -2.23. The highest BCUT2D eigenvalue weighted by atomic mass is 35.5. The molecule has 0 saturated carbocycles. The number of nitrogens with zero attached hydrogens (tertiary/aromatic N) is 3. The zero-order valence-electron chi connectivity index (χ0n) is 15.4. The maximum Gasteiger partial charge on any atom is 0.276 e. The maximum absolute atomic E-state index is 12.9. The van der Waals surface area contributed by atoms with Crippen LogP contribution in [0.3, 0.4) is 0 Å². The highest BCUT2D eigenvalue weighted by Gasteiger charge is 2.20. The van der Waals surface area contributed by atoms with Gasteiger partial charge in [-0.05, 0) is 37.1 Å². The average Bonchev–Trinajstić information content (AvgIpc) is 3.26. The monoisotopic (exact) mass is 428 g/mol. The van der Waals surface area contributed by atoms with Gasteiger partial charge in [0.2, 0.25) is 5.95 Å². The highest BCUT2D eigenvalue weighted by Crippen LogP contribution is 2.33. The van der Waals surface area contributed by atoms with Crippen molar-refractivity contribution >= 4 is 40.7 Å². The van der Waals surface area contributed by atoms with E-state index in [0.717, 1.165) is 25.9 Å². The summed E-state index contributed by atoms with van der Waals surface area (Å²) in [6.07, 6.45) is 3.63.